The Morgan fingerprint density at radius 1 is 1.00 bits per heavy atom. The fourth-order valence-electron chi connectivity index (χ4n) is 3.88. The van der Waals surface area contributed by atoms with Crippen molar-refractivity contribution in [3.8, 4) is 22.5 Å². The minimum atomic E-state index is -1.10. The summed E-state index contributed by atoms with van der Waals surface area (Å²) in [5, 5.41) is 11.6. The number of amides is 1. The van der Waals surface area contributed by atoms with Crippen LogP contribution in [0.25, 0.3) is 33.4 Å². The van der Waals surface area contributed by atoms with Crippen LogP contribution < -0.4 is 38.5 Å². The predicted octanol–water partition coefficient (Wildman–Crippen LogP) is -0.392. The maximum Gasteiger partial charge on any atom is 0.336 e. The zero-order valence-electron chi connectivity index (χ0n) is 19.2. The number of carboxylic acid groups (broad SMARTS) is 1. The topological polar surface area (TPSA) is 112 Å². The van der Waals surface area contributed by atoms with E-state index in [1.165, 1.54) is 12.1 Å². The molecule has 1 amide bonds. The number of benzene rings is 3. The zero-order valence-corrected chi connectivity index (χ0v) is 20.0. The summed E-state index contributed by atoms with van der Waals surface area (Å²) in [5.41, 5.74) is 5.80. The van der Waals surface area contributed by atoms with Crippen molar-refractivity contribution in [2.24, 2.45) is 5.84 Å². The van der Waals surface area contributed by atoms with Gasteiger partial charge in [-0.1, -0.05) is 0 Å². The second kappa shape index (κ2) is 9.54. The van der Waals surface area contributed by atoms with E-state index in [-0.39, 0.29) is 23.5 Å². The maximum absolute atomic E-state index is 12.2. The maximum atomic E-state index is 12.2. The van der Waals surface area contributed by atoms with Crippen LogP contribution in [-0.2, 0) is 0 Å². The van der Waals surface area contributed by atoms with Crippen molar-refractivity contribution in [1.82, 2.24) is 10.0 Å². The van der Waals surface area contributed by atoms with Crippen molar-refractivity contribution in [2.45, 2.75) is 0 Å². The second-order valence-corrected chi connectivity index (χ2v) is 8.17. The van der Waals surface area contributed by atoms with E-state index in [1.54, 1.807) is 6.07 Å². The minimum Gasteiger partial charge on any atom is -1.00 e. The Kier molecular flexibility index (Phi) is 6.95. The summed E-state index contributed by atoms with van der Waals surface area (Å²) in [7, 11) is 7.74. The highest BCUT2D eigenvalue weighted by Crippen LogP contribution is 2.42. The number of hydrogen-bond acceptors (Lipinski definition) is 5. The van der Waals surface area contributed by atoms with Gasteiger partial charge in [-0.3, -0.25) is 10.2 Å². The molecule has 4 N–H and O–H groups in total. The molecule has 0 saturated heterocycles. The number of carboxylic acids is 1. The molecule has 34 heavy (non-hydrogen) atoms. The number of halogens is 1. The lowest BCUT2D eigenvalue weighted by atomic mass is 9.89. The third-order valence-corrected chi connectivity index (χ3v) is 5.63. The SMILES string of the molecule is CN(C)c1ccc2c(-c3cc(C(=O)NN)ccc3C(=O)O)c3ccc(=[N+](C)C)cc-3oc2c1.[Cl-]. The number of carbonyl (C=O) groups excluding carboxylic acids is 1. The van der Waals surface area contributed by atoms with Crippen LogP contribution in [-0.4, -0.2) is 45.2 Å². The van der Waals surface area contributed by atoms with Crippen molar-refractivity contribution < 1.29 is 31.5 Å². The molecule has 2 aromatic carbocycles. The lowest BCUT2D eigenvalue weighted by Crippen LogP contribution is -3.00. The van der Waals surface area contributed by atoms with Gasteiger partial charge in [0.2, 0.25) is 5.36 Å². The molecule has 0 fully saturated rings. The Bertz CT molecular complexity index is 1460. The number of aromatic carboxylic acids is 1. The van der Waals surface area contributed by atoms with Crippen LogP contribution in [0.2, 0.25) is 0 Å². The van der Waals surface area contributed by atoms with E-state index in [9.17, 15) is 14.7 Å². The lowest BCUT2D eigenvalue weighted by Gasteiger charge is -2.19. The number of rotatable bonds is 4. The van der Waals surface area contributed by atoms with E-state index < -0.39 is 11.9 Å². The van der Waals surface area contributed by atoms with Gasteiger partial charge in [0.25, 0.3) is 5.91 Å². The quantitative estimate of drug-likeness (QED) is 0.121. The van der Waals surface area contributed by atoms with Crippen LogP contribution in [0.4, 0.5) is 5.69 Å². The van der Waals surface area contributed by atoms with Gasteiger partial charge in [0.1, 0.15) is 25.4 Å². The average Bonchev–Trinajstić information content (AvgIpc) is 2.80. The van der Waals surface area contributed by atoms with Crippen LogP contribution in [0.15, 0.2) is 59.0 Å². The molecule has 8 nitrogen and oxygen atoms in total. The van der Waals surface area contributed by atoms with Crippen molar-refractivity contribution in [1.29, 1.82) is 0 Å². The molecule has 0 saturated carbocycles. The molecule has 9 heteroatoms. The van der Waals surface area contributed by atoms with Gasteiger partial charge < -0.3 is 26.8 Å². The Labute approximate surface area is 202 Å². The van der Waals surface area contributed by atoms with Gasteiger partial charge in [-0.15, -0.1) is 0 Å². The molecule has 0 unspecified atom stereocenters. The predicted molar refractivity (Wildman–Crippen MR) is 128 cm³/mol. The third-order valence-electron chi connectivity index (χ3n) is 5.63. The zero-order chi connectivity index (χ0) is 23.9. The van der Waals surface area contributed by atoms with Crippen molar-refractivity contribution in [3.63, 3.8) is 0 Å². The largest absolute Gasteiger partial charge is 1.00 e. The van der Waals surface area contributed by atoms with Gasteiger partial charge in [0.15, 0.2) is 0 Å². The number of carbonyl (C=O) groups is 2. The van der Waals surface area contributed by atoms with Crippen LogP contribution in [0.5, 0.6) is 0 Å². The van der Waals surface area contributed by atoms with E-state index in [0.717, 1.165) is 22.0 Å². The summed E-state index contributed by atoms with van der Waals surface area (Å²) in [4.78, 5) is 26.3. The molecule has 0 radical (unpaired) electrons. The van der Waals surface area contributed by atoms with Crippen molar-refractivity contribution in [2.75, 3.05) is 33.1 Å². The normalized spacial score (nSPS) is 10.6. The summed E-state index contributed by atoms with van der Waals surface area (Å²) in [5.74, 6) is 4.32. The fraction of sp³-hybridized carbons (Fsp3) is 0.160. The average molecular weight is 481 g/mol. The first-order valence-electron chi connectivity index (χ1n) is 10.3. The fourth-order valence-corrected chi connectivity index (χ4v) is 3.88. The molecule has 2 aromatic rings. The van der Waals surface area contributed by atoms with E-state index in [4.69, 9.17) is 10.3 Å². The number of nitrogens with two attached hydrogens (primary N) is 1. The highest BCUT2D eigenvalue weighted by molar-refractivity contribution is 6.09. The Hall–Kier alpha value is -3.88. The number of hydrogen-bond donors (Lipinski definition) is 3. The highest BCUT2D eigenvalue weighted by Gasteiger charge is 2.23. The number of nitrogen functional groups attached to an aromatic ring is 1. The molecular formula is C25H25ClN4O4. The molecule has 1 heterocycles. The molecule has 0 spiro atoms. The summed E-state index contributed by atoms with van der Waals surface area (Å²) in [6.45, 7) is 0. The summed E-state index contributed by atoms with van der Waals surface area (Å²) in [6, 6.07) is 16.0. The van der Waals surface area contributed by atoms with Crippen LogP contribution in [0.3, 0.4) is 0 Å². The Balaban J connectivity index is 0.00000324. The van der Waals surface area contributed by atoms with Crippen LogP contribution in [0, 0.1) is 0 Å². The molecule has 1 aliphatic heterocycles. The highest BCUT2D eigenvalue weighted by atomic mass is 35.5. The molecular weight excluding hydrogens is 456 g/mol. The summed E-state index contributed by atoms with van der Waals surface area (Å²) in [6.07, 6.45) is 0. The van der Waals surface area contributed by atoms with Gasteiger partial charge in [-0.05, 0) is 42.0 Å². The Morgan fingerprint density at radius 3 is 2.35 bits per heavy atom. The van der Waals surface area contributed by atoms with Crippen LogP contribution in [0.1, 0.15) is 20.7 Å². The van der Waals surface area contributed by atoms with E-state index in [1.807, 2.05) is 74.1 Å². The first-order chi connectivity index (χ1) is 15.7. The van der Waals surface area contributed by atoms with E-state index in [2.05, 4.69) is 5.43 Å². The monoisotopic (exact) mass is 480 g/mol. The number of nitrogens with one attached hydrogen (secondary N) is 1. The van der Waals surface area contributed by atoms with E-state index >= 15 is 0 Å². The number of hydrazine groups is 1. The number of fused-ring (bicyclic) bond motifs is 2. The van der Waals surface area contributed by atoms with Gasteiger partial charge >= 0.3 is 5.97 Å². The molecule has 176 valence electrons. The molecule has 4 rings (SSSR count). The minimum absolute atomic E-state index is 0. The molecule has 0 atom stereocenters. The number of anilines is 1. The van der Waals surface area contributed by atoms with Gasteiger partial charge in [-0.2, -0.15) is 0 Å². The Morgan fingerprint density at radius 2 is 1.74 bits per heavy atom. The van der Waals surface area contributed by atoms with Gasteiger partial charge in [0.05, 0.1) is 11.6 Å². The number of nitrogens with zero attached hydrogens (tertiary/aromatic N) is 2. The second-order valence-electron chi connectivity index (χ2n) is 8.17. The molecule has 2 aliphatic rings. The van der Waals surface area contributed by atoms with Crippen molar-refractivity contribution in [3.05, 3.63) is 71.1 Å². The molecule has 0 aromatic heterocycles. The lowest BCUT2D eigenvalue weighted by molar-refractivity contribution is -0.0000304. The first kappa shape index (κ1) is 24.8. The smallest absolute Gasteiger partial charge is 0.336 e. The summed E-state index contributed by atoms with van der Waals surface area (Å²) < 4.78 is 8.25. The van der Waals surface area contributed by atoms with Gasteiger partial charge in [-0.25, -0.2) is 15.2 Å². The van der Waals surface area contributed by atoms with Crippen molar-refractivity contribution >= 4 is 28.5 Å². The van der Waals surface area contributed by atoms with Crippen LogP contribution >= 0.6 is 0 Å². The third kappa shape index (κ3) is 4.33. The van der Waals surface area contributed by atoms with Gasteiger partial charge in [0, 0.05) is 54.0 Å². The van der Waals surface area contributed by atoms with E-state index in [0.29, 0.717) is 22.5 Å². The molecule has 0 bridgehead atoms. The standard InChI is InChI=1S/C25H24N4O4.ClH/c1-28(2)15-6-9-18-21(12-15)33-22-13-16(29(3)4)7-10-19(22)23(18)20-11-14(24(30)27-26)5-8-17(20)25(31)32;/h5-13H,26H2,1-4H3,(H-,27,30,31,32);1H. The first-order valence-corrected chi connectivity index (χ1v) is 10.3. The molecule has 1 aliphatic carbocycles. The summed E-state index contributed by atoms with van der Waals surface area (Å²) >= 11 is 0.